The van der Waals surface area contributed by atoms with Crippen LogP contribution in [0.5, 0.6) is 0 Å². The summed E-state index contributed by atoms with van der Waals surface area (Å²) >= 11 is 0. The molecule has 4 nitrogen and oxygen atoms in total. The lowest BCUT2D eigenvalue weighted by Crippen LogP contribution is -1.87. The first-order chi connectivity index (χ1) is 5.81. The summed E-state index contributed by atoms with van der Waals surface area (Å²) in [6, 6.07) is 2.02. The van der Waals surface area contributed by atoms with Crippen LogP contribution in [0.4, 0.5) is 5.82 Å². The minimum Gasteiger partial charge on any atom is -0.380 e. The molecule has 0 bridgehead atoms. The van der Waals surface area contributed by atoms with Crippen LogP contribution in [-0.2, 0) is 6.42 Å². The van der Waals surface area contributed by atoms with Crippen molar-refractivity contribution >= 4 is 16.9 Å². The van der Waals surface area contributed by atoms with Gasteiger partial charge in [0.25, 0.3) is 0 Å². The van der Waals surface area contributed by atoms with Gasteiger partial charge in [0, 0.05) is 6.20 Å². The molecule has 0 atom stereocenters. The molecule has 0 radical (unpaired) electrons. The molecular formula is C8H10N4. The van der Waals surface area contributed by atoms with Crippen molar-refractivity contribution in [1.29, 1.82) is 0 Å². The van der Waals surface area contributed by atoms with Crippen LogP contribution < -0.4 is 5.73 Å². The Hall–Kier alpha value is -1.58. The third-order valence-corrected chi connectivity index (χ3v) is 1.89. The lowest BCUT2D eigenvalue weighted by atomic mass is 10.2. The number of pyridine rings is 1. The first kappa shape index (κ1) is 7.09. The Kier molecular flexibility index (Phi) is 1.46. The molecule has 4 heteroatoms. The lowest BCUT2D eigenvalue weighted by molar-refractivity contribution is 1.11. The number of nitrogens with zero attached hydrogens (tertiary/aromatic N) is 2. The second kappa shape index (κ2) is 2.48. The molecule has 0 saturated heterocycles. The Labute approximate surface area is 69.8 Å². The Morgan fingerprint density at radius 3 is 3.17 bits per heavy atom. The summed E-state index contributed by atoms with van der Waals surface area (Å²) in [5.74, 6) is 0.465. The van der Waals surface area contributed by atoms with E-state index in [-0.39, 0.29) is 0 Å². The number of hydrogen-bond acceptors (Lipinski definition) is 3. The fraction of sp³-hybridized carbons (Fsp3) is 0.250. The molecule has 0 fully saturated rings. The zero-order chi connectivity index (χ0) is 8.55. The number of aryl methyl sites for hydroxylation is 1. The summed E-state index contributed by atoms with van der Waals surface area (Å²) in [5, 5.41) is 6.69. The van der Waals surface area contributed by atoms with Crippen molar-refractivity contribution in [2.24, 2.45) is 0 Å². The van der Waals surface area contributed by atoms with Crippen molar-refractivity contribution in [1.82, 2.24) is 15.2 Å². The molecular weight excluding hydrogens is 152 g/mol. The van der Waals surface area contributed by atoms with E-state index in [1.165, 1.54) is 5.56 Å². The van der Waals surface area contributed by atoms with Crippen LogP contribution in [0.3, 0.4) is 0 Å². The lowest BCUT2D eigenvalue weighted by Gasteiger charge is -1.94. The second-order valence-electron chi connectivity index (χ2n) is 2.70. The van der Waals surface area contributed by atoms with Crippen LogP contribution in [0.15, 0.2) is 12.3 Å². The third kappa shape index (κ3) is 0.922. The van der Waals surface area contributed by atoms with E-state index in [4.69, 9.17) is 5.73 Å². The predicted octanol–water partition coefficient (Wildman–Crippen LogP) is 1.10. The van der Waals surface area contributed by atoms with E-state index in [2.05, 4.69) is 22.1 Å². The summed E-state index contributed by atoms with van der Waals surface area (Å²) in [5.41, 5.74) is 8.41. The van der Waals surface area contributed by atoms with E-state index in [1.54, 1.807) is 0 Å². The predicted molar refractivity (Wildman–Crippen MR) is 47.7 cm³/mol. The van der Waals surface area contributed by atoms with Gasteiger partial charge >= 0.3 is 0 Å². The first-order valence-electron chi connectivity index (χ1n) is 3.89. The second-order valence-corrected chi connectivity index (χ2v) is 2.70. The molecule has 0 unspecified atom stereocenters. The number of anilines is 1. The summed E-state index contributed by atoms with van der Waals surface area (Å²) in [7, 11) is 0. The van der Waals surface area contributed by atoms with Gasteiger partial charge in [0.05, 0.1) is 5.52 Å². The average molecular weight is 162 g/mol. The zero-order valence-electron chi connectivity index (χ0n) is 6.83. The van der Waals surface area contributed by atoms with Crippen LogP contribution in [0.1, 0.15) is 12.5 Å². The molecule has 2 aromatic heterocycles. The monoisotopic (exact) mass is 162 g/mol. The van der Waals surface area contributed by atoms with Gasteiger partial charge in [-0.05, 0) is 18.1 Å². The topological polar surface area (TPSA) is 67.6 Å². The fourth-order valence-corrected chi connectivity index (χ4v) is 1.16. The number of H-pyrrole nitrogens is 1. The highest BCUT2D eigenvalue weighted by atomic mass is 15.2. The van der Waals surface area contributed by atoms with Crippen molar-refractivity contribution in [2.45, 2.75) is 13.3 Å². The van der Waals surface area contributed by atoms with E-state index in [0.29, 0.717) is 5.82 Å². The van der Waals surface area contributed by atoms with Crippen LogP contribution >= 0.6 is 0 Å². The first-order valence-corrected chi connectivity index (χ1v) is 3.89. The number of aromatic nitrogens is 3. The summed E-state index contributed by atoms with van der Waals surface area (Å²) in [6.45, 7) is 2.09. The number of hydrogen-bond donors (Lipinski definition) is 2. The molecule has 2 aromatic rings. The SMILES string of the molecule is CCc1cnc2c(N)n[nH]c2c1. The highest BCUT2D eigenvalue weighted by molar-refractivity contribution is 5.84. The Morgan fingerprint density at radius 1 is 1.58 bits per heavy atom. The van der Waals surface area contributed by atoms with Crippen LogP contribution in [0.2, 0.25) is 0 Å². The number of nitrogens with two attached hydrogens (primary N) is 1. The molecule has 0 spiro atoms. The van der Waals surface area contributed by atoms with Crippen molar-refractivity contribution in [3.05, 3.63) is 17.8 Å². The maximum absolute atomic E-state index is 5.56. The van der Waals surface area contributed by atoms with Gasteiger partial charge < -0.3 is 5.73 Å². The zero-order valence-corrected chi connectivity index (χ0v) is 6.83. The van der Waals surface area contributed by atoms with Gasteiger partial charge in [-0.3, -0.25) is 10.1 Å². The minimum absolute atomic E-state index is 0.465. The molecule has 0 amide bonds. The average Bonchev–Trinajstić information content (AvgIpc) is 2.47. The number of rotatable bonds is 1. The van der Waals surface area contributed by atoms with Gasteiger partial charge in [-0.1, -0.05) is 6.92 Å². The van der Waals surface area contributed by atoms with E-state index in [0.717, 1.165) is 17.5 Å². The molecule has 0 aromatic carbocycles. The molecule has 62 valence electrons. The van der Waals surface area contributed by atoms with Gasteiger partial charge in [-0.2, -0.15) is 5.10 Å². The van der Waals surface area contributed by atoms with E-state index >= 15 is 0 Å². The molecule has 0 aliphatic rings. The van der Waals surface area contributed by atoms with Gasteiger partial charge in [-0.25, -0.2) is 0 Å². The number of fused-ring (bicyclic) bond motifs is 1. The summed E-state index contributed by atoms with van der Waals surface area (Å²) < 4.78 is 0. The van der Waals surface area contributed by atoms with Gasteiger partial charge in [-0.15, -0.1) is 0 Å². The largest absolute Gasteiger partial charge is 0.380 e. The maximum atomic E-state index is 5.56. The van der Waals surface area contributed by atoms with Crippen molar-refractivity contribution < 1.29 is 0 Å². The van der Waals surface area contributed by atoms with Crippen LogP contribution in [-0.4, -0.2) is 15.2 Å². The number of nitrogens with one attached hydrogen (secondary N) is 1. The summed E-state index contributed by atoms with van der Waals surface area (Å²) in [6.07, 6.45) is 2.80. The highest BCUT2D eigenvalue weighted by Crippen LogP contribution is 2.15. The van der Waals surface area contributed by atoms with E-state index in [1.807, 2.05) is 12.3 Å². The van der Waals surface area contributed by atoms with Crippen LogP contribution in [0, 0.1) is 0 Å². The molecule has 0 aliphatic heterocycles. The molecule has 0 saturated carbocycles. The number of nitrogen functional groups attached to an aromatic ring is 1. The highest BCUT2D eigenvalue weighted by Gasteiger charge is 2.02. The molecule has 12 heavy (non-hydrogen) atoms. The smallest absolute Gasteiger partial charge is 0.171 e. The summed E-state index contributed by atoms with van der Waals surface area (Å²) in [4.78, 5) is 4.19. The molecule has 2 rings (SSSR count). The maximum Gasteiger partial charge on any atom is 0.171 e. The quantitative estimate of drug-likeness (QED) is 0.659. The van der Waals surface area contributed by atoms with Crippen molar-refractivity contribution in [3.8, 4) is 0 Å². The van der Waals surface area contributed by atoms with Gasteiger partial charge in [0.1, 0.15) is 5.52 Å². The fourth-order valence-electron chi connectivity index (χ4n) is 1.16. The Bertz CT molecular complexity index is 404. The standard InChI is InChI=1S/C8H10N4/c1-2-5-3-6-7(10-4-5)8(9)12-11-6/h3-4H,2H2,1H3,(H3,9,11,12). The van der Waals surface area contributed by atoms with E-state index < -0.39 is 0 Å². The van der Waals surface area contributed by atoms with E-state index in [9.17, 15) is 0 Å². The third-order valence-electron chi connectivity index (χ3n) is 1.89. The Balaban J connectivity index is 2.69. The minimum atomic E-state index is 0.465. The van der Waals surface area contributed by atoms with Crippen molar-refractivity contribution in [2.75, 3.05) is 5.73 Å². The van der Waals surface area contributed by atoms with Gasteiger partial charge in [0.2, 0.25) is 0 Å². The molecule has 2 heterocycles. The normalized spacial score (nSPS) is 10.8. The Morgan fingerprint density at radius 2 is 2.42 bits per heavy atom. The molecule has 0 aliphatic carbocycles. The van der Waals surface area contributed by atoms with Crippen LogP contribution in [0.25, 0.3) is 11.0 Å². The van der Waals surface area contributed by atoms with Gasteiger partial charge in [0.15, 0.2) is 5.82 Å². The number of aromatic amines is 1. The molecule has 3 N–H and O–H groups in total. The van der Waals surface area contributed by atoms with Crippen molar-refractivity contribution in [3.63, 3.8) is 0 Å².